The quantitative estimate of drug-likeness (QED) is 0.771. The van der Waals surface area contributed by atoms with E-state index in [1.807, 2.05) is 6.92 Å². The number of aliphatic carboxylic acids is 1. The van der Waals surface area contributed by atoms with Gasteiger partial charge in [-0.1, -0.05) is 31.3 Å². The van der Waals surface area contributed by atoms with Gasteiger partial charge in [0.1, 0.15) is 5.54 Å². The van der Waals surface area contributed by atoms with Crippen LogP contribution >= 0.6 is 0 Å². The average Bonchev–Trinajstić information content (AvgIpc) is 2.64. The van der Waals surface area contributed by atoms with E-state index in [1.165, 1.54) is 0 Å². The summed E-state index contributed by atoms with van der Waals surface area (Å²) >= 11 is 0. The van der Waals surface area contributed by atoms with Gasteiger partial charge in [-0.3, -0.25) is 4.79 Å². The van der Waals surface area contributed by atoms with Gasteiger partial charge in [-0.15, -0.1) is 0 Å². The second-order valence-corrected chi connectivity index (χ2v) is 5.87. The van der Waals surface area contributed by atoms with Crippen molar-refractivity contribution in [3.63, 3.8) is 0 Å². The van der Waals surface area contributed by atoms with Crippen molar-refractivity contribution in [2.75, 3.05) is 0 Å². The lowest BCUT2D eigenvalue weighted by Gasteiger charge is -2.29. The lowest BCUT2D eigenvalue weighted by Crippen LogP contribution is -2.54. The molecule has 0 spiro atoms. The zero-order valence-electron chi connectivity index (χ0n) is 11.6. The molecule has 1 fully saturated rings. The minimum Gasteiger partial charge on any atom is -0.480 e. The first-order chi connectivity index (χ1) is 9.05. The van der Waals surface area contributed by atoms with Gasteiger partial charge >= 0.3 is 5.97 Å². The summed E-state index contributed by atoms with van der Waals surface area (Å²) in [5.74, 6) is -1.03. The van der Waals surface area contributed by atoms with Crippen LogP contribution < -0.4 is 5.32 Å². The zero-order chi connectivity index (χ0) is 13.9. The Hall–Kier alpha value is -1.32. The van der Waals surface area contributed by atoms with Gasteiger partial charge < -0.3 is 10.4 Å². The predicted molar refractivity (Wildman–Crippen MR) is 72.8 cm³/mol. The third kappa shape index (κ3) is 2.99. The van der Waals surface area contributed by atoms with Crippen molar-refractivity contribution in [1.82, 2.24) is 5.32 Å². The molecule has 0 aromatic carbocycles. The average molecular weight is 265 g/mol. The van der Waals surface area contributed by atoms with Gasteiger partial charge in [0.05, 0.1) is 0 Å². The largest absolute Gasteiger partial charge is 0.480 e. The van der Waals surface area contributed by atoms with Gasteiger partial charge in [0.25, 0.3) is 0 Å². The molecule has 0 saturated heterocycles. The lowest BCUT2D eigenvalue weighted by molar-refractivity contribution is -0.147. The van der Waals surface area contributed by atoms with E-state index in [2.05, 4.69) is 5.32 Å². The van der Waals surface area contributed by atoms with E-state index in [9.17, 15) is 14.7 Å². The van der Waals surface area contributed by atoms with Crippen LogP contribution in [0, 0.1) is 0 Å². The van der Waals surface area contributed by atoms with Crippen LogP contribution in [-0.4, -0.2) is 22.5 Å². The molecule has 0 atom stereocenters. The summed E-state index contributed by atoms with van der Waals surface area (Å²) < 4.78 is 0. The maximum atomic E-state index is 12.3. The second-order valence-electron chi connectivity index (χ2n) is 5.87. The molecule has 106 valence electrons. The lowest BCUT2D eigenvalue weighted by atomic mass is 9.89. The molecular formula is C15H23NO3. The second kappa shape index (κ2) is 5.76. The molecule has 1 amide bonds. The Bertz CT molecular complexity index is 404. The number of rotatable bonds is 3. The van der Waals surface area contributed by atoms with E-state index in [0.717, 1.165) is 56.1 Å². The highest BCUT2D eigenvalue weighted by Crippen LogP contribution is 2.30. The van der Waals surface area contributed by atoms with E-state index in [1.54, 1.807) is 0 Å². The number of carboxylic acids is 1. The Kier molecular flexibility index (Phi) is 4.27. The van der Waals surface area contributed by atoms with Crippen LogP contribution in [-0.2, 0) is 9.59 Å². The van der Waals surface area contributed by atoms with Crippen LogP contribution in [0.25, 0.3) is 0 Å². The Morgan fingerprint density at radius 3 is 2.16 bits per heavy atom. The molecule has 0 aromatic rings. The first kappa shape index (κ1) is 14.1. The van der Waals surface area contributed by atoms with Gasteiger partial charge in [-0.25, -0.2) is 4.79 Å². The Morgan fingerprint density at radius 2 is 1.68 bits per heavy atom. The SMILES string of the molecule is CC1=C(C(=O)NC2(C(=O)O)CCCCCC2)CCC1. The molecule has 1 saturated carbocycles. The van der Waals surface area contributed by atoms with E-state index in [0.29, 0.717) is 12.8 Å². The molecule has 0 aliphatic heterocycles. The van der Waals surface area contributed by atoms with Crippen LogP contribution in [0.15, 0.2) is 11.1 Å². The molecule has 0 heterocycles. The van der Waals surface area contributed by atoms with E-state index in [-0.39, 0.29) is 5.91 Å². The molecule has 0 unspecified atom stereocenters. The van der Waals surface area contributed by atoms with Crippen LogP contribution in [0.4, 0.5) is 0 Å². The summed E-state index contributed by atoms with van der Waals surface area (Å²) in [4.78, 5) is 23.9. The molecule has 0 radical (unpaired) electrons. The van der Waals surface area contributed by atoms with Crippen LogP contribution in [0.3, 0.4) is 0 Å². The van der Waals surface area contributed by atoms with Crippen molar-refractivity contribution >= 4 is 11.9 Å². The minimum atomic E-state index is -1.04. The molecule has 2 N–H and O–H groups in total. The minimum absolute atomic E-state index is 0.153. The first-order valence-electron chi connectivity index (χ1n) is 7.30. The number of hydrogen-bond donors (Lipinski definition) is 2. The van der Waals surface area contributed by atoms with Crippen molar-refractivity contribution in [2.24, 2.45) is 0 Å². The standard InChI is InChI=1S/C15H23NO3/c1-11-7-6-8-12(11)13(17)16-15(14(18)19)9-4-2-3-5-10-15/h2-10H2,1H3,(H,16,17)(H,18,19). The summed E-state index contributed by atoms with van der Waals surface area (Å²) in [7, 11) is 0. The number of nitrogens with one attached hydrogen (secondary N) is 1. The van der Waals surface area contributed by atoms with E-state index < -0.39 is 11.5 Å². The Balaban J connectivity index is 2.14. The van der Waals surface area contributed by atoms with Gasteiger partial charge in [-0.2, -0.15) is 0 Å². The van der Waals surface area contributed by atoms with Crippen molar-refractivity contribution in [3.05, 3.63) is 11.1 Å². The van der Waals surface area contributed by atoms with Gasteiger partial charge in [-0.05, 0) is 39.0 Å². The fraction of sp³-hybridized carbons (Fsp3) is 0.733. The number of hydrogen-bond acceptors (Lipinski definition) is 2. The molecule has 4 heteroatoms. The van der Waals surface area contributed by atoms with Crippen LogP contribution in [0.1, 0.15) is 64.7 Å². The molecule has 2 rings (SSSR count). The molecule has 2 aliphatic carbocycles. The van der Waals surface area contributed by atoms with Gasteiger partial charge in [0, 0.05) is 5.57 Å². The van der Waals surface area contributed by atoms with Crippen molar-refractivity contribution in [2.45, 2.75) is 70.3 Å². The van der Waals surface area contributed by atoms with Crippen LogP contribution in [0.2, 0.25) is 0 Å². The van der Waals surface area contributed by atoms with E-state index >= 15 is 0 Å². The predicted octanol–water partition coefficient (Wildman–Crippen LogP) is 2.78. The summed E-state index contributed by atoms with van der Waals surface area (Å²) in [6.45, 7) is 1.97. The molecule has 4 nitrogen and oxygen atoms in total. The molecule has 0 bridgehead atoms. The normalized spacial score (nSPS) is 23.0. The number of carboxylic acid groups (broad SMARTS) is 1. The molecule has 19 heavy (non-hydrogen) atoms. The molecule has 2 aliphatic rings. The fourth-order valence-electron chi connectivity index (χ4n) is 3.22. The maximum absolute atomic E-state index is 12.3. The van der Waals surface area contributed by atoms with E-state index in [4.69, 9.17) is 0 Å². The van der Waals surface area contributed by atoms with Gasteiger partial charge in [0.2, 0.25) is 5.91 Å². The Labute approximate surface area is 114 Å². The van der Waals surface area contributed by atoms with Gasteiger partial charge in [0.15, 0.2) is 0 Å². The molecular weight excluding hydrogens is 242 g/mol. The highest BCUT2D eigenvalue weighted by molar-refractivity contribution is 5.98. The van der Waals surface area contributed by atoms with Crippen molar-refractivity contribution in [1.29, 1.82) is 0 Å². The number of carbonyl (C=O) groups is 2. The van der Waals surface area contributed by atoms with Crippen LogP contribution in [0.5, 0.6) is 0 Å². The fourth-order valence-corrected chi connectivity index (χ4v) is 3.22. The summed E-state index contributed by atoms with van der Waals surface area (Å²) in [5.41, 5.74) is 0.889. The molecule has 0 aromatic heterocycles. The smallest absolute Gasteiger partial charge is 0.329 e. The highest BCUT2D eigenvalue weighted by atomic mass is 16.4. The Morgan fingerprint density at radius 1 is 1.05 bits per heavy atom. The van der Waals surface area contributed by atoms with Crippen molar-refractivity contribution < 1.29 is 14.7 Å². The third-order valence-electron chi connectivity index (χ3n) is 4.49. The number of carbonyl (C=O) groups excluding carboxylic acids is 1. The number of amides is 1. The van der Waals surface area contributed by atoms with Crippen molar-refractivity contribution in [3.8, 4) is 0 Å². The monoisotopic (exact) mass is 265 g/mol. The third-order valence-corrected chi connectivity index (χ3v) is 4.49. The summed E-state index contributed by atoms with van der Waals surface area (Å²) in [5, 5.41) is 12.4. The highest BCUT2D eigenvalue weighted by Gasteiger charge is 2.40. The first-order valence-corrected chi connectivity index (χ1v) is 7.30. The number of allylic oxidation sites excluding steroid dienone is 1. The summed E-state index contributed by atoms with van der Waals surface area (Å²) in [6.07, 6.45) is 7.75. The maximum Gasteiger partial charge on any atom is 0.329 e. The topological polar surface area (TPSA) is 66.4 Å². The summed E-state index contributed by atoms with van der Waals surface area (Å²) in [6, 6.07) is 0. The zero-order valence-corrected chi connectivity index (χ0v) is 11.6.